The molecule has 0 unspecified atom stereocenters. The highest BCUT2D eigenvalue weighted by Crippen LogP contribution is 1.90. The Morgan fingerprint density at radius 1 is 1.53 bits per heavy atom. The average molecular weight is 241 g/mol. The minimum atomic E-state index is -1.04. The first-order chi connectivity index (χ1) is 8.13. The Balaban J connectivity index is 2.23. The predicted octanol–water partition coefficient (Wildman–Crippen LogP) is -0.559. The van der Waals surface area contributed by atoms with Gasteiger partial charge in [0.2, 0.25) is 0 Å². The first-order valence-electron chi connectivity index (χ1n) is 5.24. The number of carboxylic acids is 1. The molecule has 1 atom stereocenters. The predicted molar refractivity (Wildman–Crippen MR) is 58.3 cm³/mol. The van der Waals surface area contributed by atoms with Gasteiger partial charge in [-0.15, -0.1) is 5.10 Å². The van der Waals surface area contributed by atoms with Crippen LogP contribution in [0.2, 0.25) is 0 Å². The summed E-state index contributed by atoms with van der Waals surface area (Å²) in [6.07, 6.45) is 3.55. The van der Waals surface area contributed by atoms with Crippen molar-refractivity contribution in [1.82, 2.24) is 25.6 Å². The molecule has 0 fully saturated rings. The summed E-state index contributed by atoms with van der Waals surface area (Å²) in [5.74, 6) is -1.04. The lowest BCUT2D eigenvalue weighted by Crippen LogP contribution is -2.46. The standard InChI is InChI=1S/C9H15N5O3/c1-2-7(8(15)16)12-9(17)10-3-5-14-6-4-11-13-14/h4,6-7H,2-3,5H2,1H3,(H,15,16)(H2,10,12,17)/t7-/m0/s1. The van der Waals surface area contributed by atoms with Crippen molar-refractivity contribution in [1.29, 1.82) is 0 Å². The third-order valence-corrected chi connectivity index (χ3v) is 2.11. The quantitative estimate of drug-likeness (QED) is 0.618. The zero-order valence-electron chi connectivity index (χ0n) is 9.46. The molecular formula is C9H15N5O3. The van der Waals surface area contributed by atoms with Crippen molar-refractivity contribution in [3.8, 4) is 0 Å². The van der Waals surface area contributed by atoms with Gasteiger partial charge in [-0.25, -0.2) is 9.59 Å². The lowest BCUT2D eigenvalue weighted by atomic mass is 10.2. The molecule has 0 spiro atoms. The lowest BCUT2D eigenvalue weighted by molar-refractivity contribution is -0.139. The summed E-state index contributed by atoms with van der Waals surface area (Å²) >= 11 is 0. The van der Waals surface area contributed by atoms with Crippen LogP contribution in [0.1, 0.15) is 13.3 Å². The summed E-state index contributed by atoms with van der Waals surface area (Å²) < 4.78 is 1.56. The summed E-state index contributed by atoms with van der Waals surface area (Å²) in [5, 5.41) is 21.0. The van der Waals surface area contributed by atoms with Gasteiger partial charge in [-0.1, -0.05) is 12.1 Å². The number of nitrogens with zero attached hydrogens (tertiary/aromatic N) is 3. The summed E-state index contributed by atoms with van der Waals surface area (Å²) in [7, 11) is 0. The molecule has 0 saturated carbocycles. The molecular weight excluding hydrogens is 226 g/mol. The van der Waals surface area contributed by atoms with E-state index in [1.807, 2.05) is 0 Å². The summed E-state index contributed by atoms with van der Waals surface area (Å²) in [4.78, 5) is 22.0. The van der Waals surface area contributed by atoms with Crippen molar-refractivity contribution in [3.63, 3.8) is 0 Å². The molecule has 2 amide bonds. The average Bonchev–Trinajstić information content (AvgIpc) is 2.78. The monoisotopic (exact) mass is 241 g/mol. The van der Waals surface area contributed by atoms with Gasteiger partial charge in [-0.05, 0) is 6.42 Å². The molecule has 0 aliphatic heterocycles. The van der Waals surface area contributed by atoms with Crippen LogP contribution in [0.3, 0.4) is 0 Å². The van der Waals surface area contributed by atoms with E-state index in [9.17, 15) is 9.59 Å². The Morgan fingerprint density at radius 2 is 2.29 bits per heavy atom. The fourth-order valence-electron chi connectivity index (χ4n) is 1.18. The van der Waals surface area contributed by atoms with Crippen molar-refractivity contribution in [2.45, 2.75) is 25.9 Å². The second kappa shape index (κ2) is 6.46. The van der Waals surface area contributed by atoms with Gasteiger partial charge in [0.25, 0.3) is 0 Å². The number of hydrogen-bond acceptors (Lipinski definition) is 4. The third-order valence-electron chi connectivity index (χ3n) is 2.11. The molecule has 1 heterocycles. The highest BCUT2D eigenvalue weighted by atomic mass is 16.4. The maximum Gasteiger partial charge on any atom is 0.326 e. The molecule has 8 nitrogen and oxygen atoms in total. The lowest BCUT2D eigenvalue weighted by Gasteiger charge is -2.12. The Bertz CT molecular complexity index is 365. The zero-order chi connectivity index (χ0) is 12.7. The largest absolute Gasteiger partial charge is 0.480 e. The van der Waals surface area contributed by atoms with E-state index in [-0.39, 0.29) is 0 Å². The number of hydrogen-bond donors (Lipinski definition) is 3. The molecule has 8 heteroatoms. The number of aromatic nitrogens is 3. The van der Waals surface area contributed by atoms with Crippen LogP contribution in [-0.4, -0.2) is 44.7 Å². The number of amides is 2. The fraction of sp³-hybridized carbons (Fsp3) is 0.556. The van der Waals surface area contributed by atoms with Gasteiger partial charge in [0.1, 0.15) is 6.04 Å². The highest BCUT2D eigenvalue weighted by Gasteiger charge is 2.16. The molecule has 0 aliphatic carbocycles. The van der Waals surface area contributed by atoms with Gasteiger partial charge in [0, 0.05) is 12.7 Å². The van der Waals surface area contributed by atoms with Crippen LogP contribution in [0.25, 0.3) is 0 Å². The summed E-state index contributed by atoms with van der Waals surface area (Å²) in [5.41, 5.74) is 0. The van der Waals surface area contributed by atoms with Crippen LogP contribution in [-0.2, 0) is 11.3 Å². The minimum absolute atomic E-state index is 0.339. The topological polar surface area (TPSA) is 109 Å². The molecule has 3 N–H and O–H groups in total. The minimum Gasteiger partial charge on any atom is -0.480 e. The van der Waals surface area contributed by atoms with Crippen LogP contribution < -0.4 is 10.6 Å². The van der Waals surface area contributed by atoms with Gasteiger partial charge in [-0.3, -0.25) is 4.68 Å². The van der Waals surface area contributed by atoms with Gasteiger partial charge in [0.15, 0.2) is 0 Å². The van der Waals surface area contributed by atoms with E-state index >= 15 is 0 Å². The first-order valence-corrected chi connectivity index (χ1v) is 5.24. The number of carbonyl (C=O) groups excluding carboxylic acids is 1. The van der Waals surface area contributed by atoms with Gasteiger partial charge in [-0.2, -0.15) is 0 Å². The van der Waals surface area contributed by atoms with Crippen molar-refractivity contribution < 1.29 is 14.7 Å². The molecule has 0 aromatic carbocycles. The molecule has 1 rings (SSSR count). The van der Waals surface area contributed by atoms with E-state index in [1.54, 1.807) is 17.8 Å². The Kier molecular flexibility index (Phi) is 4.92. The number of nitrogens with one attached hydrogen (secondary N) is 2. The van der Waals surface area contributed by atoms with E-state index < -0.39 is 18.0 Å². The van der Waals surface area contributed by atoms with Crippen LogP contribution >= 0.6 is 0 Å². The van der Waals surface area contributed by atoms with Crippen LogP contribution in [0, 0.1) is 0 Å². The molecule has 1 aromatic heterocycles. The van der Waals surface area contributed by atoms with Crippen molar-refractivity contribution >= 4 is 12.0 Å². The number of urea groups is 1. The normalized spacial score (nSPS) is 11.8. The maximum absolute atomic E-state index is 11.3. The molecule has 0 saturated heterocycles. The maximum atomic E-state index is 11.3. The van der Waals surface area contributed by atoms with Gasteiger partial charge < -0.3 is 15.7 Å². The van der Waals surface area contributed by atoms with Crippen LogP contribution in [0.4, 0.5) is 4.79 Å². The van der Waals surface area contributed by atoms with Crippen LogP contribution in [0.15, 0.2) is 12.4 Å². The van der Waals surface area contributed by atoms with Crippen LogP contribution in [0.5, 0.6) is 0 Å². The van der Waals surface area contributed by atoms with E-state index in [0.29, 0.717) is 19.5 Å². The molecule has 17 heavy (non-hydrogen) atoms. The van der Waals surface area contributed by atoms with E-state index in [0.717, 1.165) is 0 Å². The van der Waals surface area contributed by atoms with Crippen molar-refractivity contribution in [3.05, 3.63) is 12.4 Å². The van der Waals surface area contributed by atoms with E-state index in [4.69, 9.17) is 5.11 Å². The molecule has 0 bridgehead atoms. The number of aliphatic carboxylic acids is 1. The van der Waals surface area contributed by atoms with E-state index in [1.165, 1.54) is 6.20 Å². The smallest absolute Gasteiger partial charge is 0.326 e. The molecule has 0 aliphatic rings. The fourth-order valence-corrected chi connectivity index (χ4v) is 1.18. The number of carbonyl (C=O) groups is 2. The van der Waals surface area contributed by atoms with Crippen molar-refractivity contribution in [2.24, 2.45) is 0 Å². The van der Waals surface area contributed by atoms with Crippen molar-refractivity contribution in [2.75, 3.05) is 6.54 Å². The van der Waals surface area contributed by atoms with Gasteiger partial charge >= 0.3 is 12.0 Å². The Hall–Kier alpha value is -2.12. The summed E-state index contributed by atoms with van der Waals surface area (Å²) in [6, 6.07) is -1.36. The van der Waals surface area contributed by atoms with Gasteiger partial charge in [0.05, 0.1) is 12.7 Å². The second-order valence-electron chi connectivity index (χ2n) is 3.37. The Morgan fingerprint density at radius 3 is 2.82 bits per heavy atom. The molecule has 94 valence electrons. The number of rotatable bonds is 6. The zero-order valence-corrected chi connectivity index (χ0v) is 9.46. The molecule has 1 aromatic rings. The summed E-state index contributed by atoms with van der Waals surface area (Å²) in [6.45, 7) is 2.52. The second-order valence-corrected chi connectivity index (χ2v) is 3.37. The first kappa shape index (κ1) is 12.9. The third kappa shape index (κ3) is 4.49. The SMILES string of the molecule is CC[C@H](NC(=O)NCCn1ccnn1)C(=O)O. The highest BCUT2D eigenvalue weighted by molar-refractivity contribution is 5.82. The van der Waals surface area contributed by atoms with E-state index in [2.05, 4.69) is 20.9 Å². The Labute approximate surface area is 98.0 Å². The number of carboxylic acid groups (broad SMARTS) is 1. The molecule has 0 radical (unpaired) electrons.